The maximum Gasteiger partial charge on any atom is 0.158 e. The van der Waals surface area contributed by atoms with Crippen molar-refractivity contribution in [3.63, 3.8) is 0 Å². The van der Waals surface area contributed by atoms with Gasteiger partial charge in [-0.05, 0) is 0 Å². The van der Waals surface area contributed by atoms with E-state index in [1.165, 1.54) is 6.08 Å². The van der Waals surface area contributed by atoms with Gasteiger partial charge in [0.25, 0.3) is 0 Å². The lowest BCUT2D eigenvalue weighted by Crippen LogP contribution is -2.46. The van der Waals surface area contributed by atoms with Crippen LogP contribution in [0.5, 0.6) is 0 Å². The molecule has 0 N–H and O–H groups in total. The van der Waals surface area contributed by atoms with E-state index in [1.54, 1.807) is 32.0 Å². The van der Waals surface area contributed by atoms with Gasteiger partial charge in [-0.2, -0.15) is 5.26 Å². The monoisotopic (exact) mass is 179 g/mol. The molecule has 0 saturated carbocycles. The SMILES string of the molecule is CC1=CC(=CC#N)N(C)C[N+]1(C)[O-]. The first-order chi connectivity index (χ1) is 5.97. The van der Waals surface area contributed by atoms with Crippen molar-refractivity contribution in [2.24, 2.45) is 0 Å². The summed E-state index contributed by atoms with van der Waals surface area (Å²) in [7, 11) is 3.41. The van der Waals surface area contributed by atoms with Crippen molar-refractivity contribution in [2.75, 3.05) is 20.8 Å². The summed E-state index contributed by atoms with van der Waals surface area (Å²) in [4.78, 5) is 1.78. The van der Waals surface area contributed by atoms with Crippen molar-refractivity contribution in [2.45, 2.75) is 6.92 Å². The number of nitrogens with zero attached hydrogens (tertiary/aromatic N) is 3. The van der Waals surface area contributed by atoms with Gasteiger partial charge in [0.1, 0.15) is 5.70 Å². The second-order valence-corrected chi connectivity index (χ2v) is 3.42. The molecule has 0 radical (unpaired) electrons. The van der Waals surface area contributed by atoms with Gasteiger partial charge < -0.3 is 14.8 Å². The highest BCUT2D eigenvalue weighted by Gasteiger charge is 2.23. The van der Waals surface area contributed by atoms with Gasteiger partial charge in [-0.3, -0.25) is 0 Å². The Morgan fingerprint density at radius 1 is 1.77 bits per heavy atom. The van der Waals surface area contributed by atoms with Crippen LogP contribution in [0.25, 0.3) is 0 Å². The number of allylic oxidation sites excluding steroid dienone is 3. The fourth-order valence-electron chi connectivity index (χ4n) is 1.28. The molecule has 1 rings (SSSR count). The Morgan fingerprint density at radius 3 is 2.92 bits per heavy atom. The molecule has 1 atom stereocenters. The van der Waals surface area contributed by atoms with Crippen molar-refractivity contribution in [1.82, 2.24) is 4.90 Å². The Labute approximate surface area is 78.1 Å². The van der Waals surface area contributed by atoms with Crippen LogP contribution in [0.1, 0.15) is 6.92 Å². The molecular formula is C9H13N3O. The second kappa shape index (κ2) is 3.21. The molecule has 0 spiro atoms. The number of hydroxylamine groups is 3. The van der Waals surface area contributed by atoms with Crippen molar-refractivity contribution in [3.05, 3.63) is 28.8 Å². The summed E-state index contributed by atoms with van der Waals surface area (Å²) in [6.07, 6.45) is 3.20. The van der Waals surface area contributed by atoms with Gasteiger partial charge in [-0.15, -0.1) is 0 Å². The van der Waals surface area contributed by atoms with E-state index in [-0.39, 0.29) is 4.65 Å². The third-order valence-electron chi connectivity index (χ3n) is 2.24. The van der Waals surface area contributed by atoms with E-state index in [0.717, 1.165) is 11.4 Å². The quantitative estimate of drug-likeness (QED) is 0.318. The van der Waals surface area contributed by atoms with Crippen LogP contribution in [0, 0.1) is 16.5 Å². The fraction of sp³-hybridized carbons (Fsp3) is 0.444. The summed E-state index contributed by atoms with van der Waals surface area (Å²) in [6.45, 7) is 2.14. The molecular weight excluding hydrogens is 166 g/mol. The molecule has 0 aliphatic carbocycles. The lowest BCUT2D eigenvalue weighted by Gasteiger charge is -2.45. The van der Waals surface area contributed by atoms with Gasteiger partial charge in [0.15, 0.2) is 6.67 Å². The lowest BCUT2D eigenvalue weighted by molar-refractivity contribution is -0.834. The highest BCUT2D eigenvalue weighted by Crippen LogP contribution is 2.22. The molecule has 0 aromatic heterocycles. The molecule has 0 saturated heterocycles. The summed E-state index contributed by atoms with van der Waals surface area (Å²) < 4.78 is -0.390. The zero-order valence-electron chi connectivity index (χ0n) is 8.11. The fourth-order valence-corrected chi connectivity index (χ4v) is 1.28. The number of quaternary nitrogens is 1. The molecule has 1 heterocycles. The van der Waals surface area contributed by atoms with E-state index in [4.69, 9.17) is 5.26 Å². The summed E-state index contributed by atoms with van der Waals surface area (Å²) in [6, 6.07) is 1.96. The van der Waals surface area contributed by atoms with Crippen LogP contribution in [0.4, 0.5) is 0 Å². The minimum atomic E-state index is -0.390. The Bertz CT molecular complexity index is 309. The van der Waals surface area contributed by atoms with Crippen molar-refractivity contribution < 1.29 is 4.65 Å². The maximum absolute atomic E-state index is 11.7. The summed E-state index contributed by atoms with van der Waals surface area (Å²) >= 11 is 0. The predicted molar refractivity (Wildman–Crippen MR) is 49.6 cm³/mol. The first-order valence-electron chi connectivity index (χ1n) is 4.03. The van der Waals surface area contributed by atoms with Crippen LogP contribution in [0.15, 0.2) is 23.5 Å². The van der Waals surface area contributed by atoms with Crippen molar-refractivity contribution in [1.29, 1.82) is 5.26 Å². The highest BCUT2D eigenvalue weighted by atomic mass is 16.5. The zero-order valence-corrected chi connectivity index (χ0v) is 8.11. The largest absolute Gasteiger partial charge is 0.626 e. The van der Waals surface area contributed by atoms with Crippen LogP contribution in [0.2, 0.25) is 0 Å². The van der Waals surface area contributed by atoms with E-state index in [0.29, 0.717) is 6.67 Å². The van der Waals surface area contributed by atoms with Gasteiger partial charge >= 0.3 is 0 Å². The van der Waals surface area contributed by atoms with E-state index in [1.807, 2.05) is 6.07 Å². The van der Waals surface area contributed by atoms with Gasteiger partial charge in [0.05, 0.1) is 18.8 Å². The van der Waals surface area contributed by atoms with Crippen molar-refractivity contribution >= 4 is 0 Å². The average molecular weight is 179 g/mol. The molecule has 1 aliphatic heterocycles. The molecule has 0 fully saturated rings. The highest BCUT2D eigenvalue weighted by molar-refractivity contribution is 5.26. The lowest BCUT2D eigenvalue weighted by atomic mass is 10.2. The minimum absolute atomic E-state index is 0.357. The van der Waals surface area contributed by atoms with Crippen LogP contribution in [-0.4, -0.2) is 30.3 Å². The number of nitriles is 1. The van der Waals surface area contributed by atoms with E-state index < -0.39 is 0 Å². The Hall–Kier alpha value is -1.31. The number of likely N-dealkylation sites (N-methyl/N-ethyl adjacent to an activating group) is 1. The minimum Gasteiger partial charge on any atom is -0.626 e. The Balaban J connectivity index is 3.04. The molecule has 0 aromatic carbocycles. The molecule has 1 aliphatic rings. The average Bonchev–Trinajstić information content (AvgIpc) is 2.00. The molecule has 0 aromatic rings. The van der Waals surface area contributed by atoms with Gasteiger partial charge in [-0.25, -0.2) is 0 Å². The first kappa shape index (κ1) is 9.78. The van der Waals surface area contributed by atoms with Crippen LogP contribution in [0.3, 0.4) is 0 Å². The van der Waals surface area contributed by atoms with Crippen molar-refractivity contribution in [3.8, 4) is 6.07 Å². The van der Waals surface area contributed by atoms with E-state index in [9.17, 15) is 5.21 Å². The summed E-state index contributed by atoms with van der Waals surface area (Å²) in [5.41, 5.74) is 1.52. The number of rotatable bonds is 0. The smallest absolute Gasteiger partial charge is 0.158 e. The summed E-state index contributed by atoms with van der Waals surface area (Å²) in [5.74, 6) is 0. The van der Waals surface area contributed by atoms with Crippen LogP contribution in [-0.2, 0) is 0 Å². The molecule has 13 heavy (non-hydrogen) atoms. The molecule has 4 nitrogen and oxygen atoms in total. The molecule has 0 bridgehead atoms. The van der Waals surface area contributed by atoms with Crippen LogP contribution < -0.4 is 0 Å². The third-order valence-corrected chi connectivity index (χ3v) is 2.24. The maximum atomic E-state index is 11.7. The standard InChI is InChI=1S/C9H13N3O/c1-8-6-9(4-5-10)11(2)7-12(8,3)13/h4,6H,7H2,1-3H3. The Kier molecular flexibility index (Phi) is 2.41. The molecule has 70 valence electrons. The predicted octanol–water partition coefficient (Wildman–Crippen LogP) is 1.14. The van der Waals surface area contributed by atoms with E-state index >= 15 is 0 Å². The molecule has 4 heteroatoms. The summed E-state index contributed by atoms with van der Waals surface area (Å²) in [5, 5.41) is 20.2. The first-order valence-corrected chi connectivity index (χ1v) is 4.03. The number of hydrogen-bond donors (Lipinski definition) is 0. The van der Waals surface area contributed by atoms with E-state index in [2.05, 4.69) is 0 Å². The zero-order chi connectivity index (χ0) is 10.1. The third kappa shape index (κ3) is 1.89. The molecule has 0 amide bonds. The Morgan fingerprint density at radius 2 is 2.38 bits per heavy atom. The van der Waals surface area contributed by atoms with Gasteiger partial charge in [0.2, 0.25) is 0 Å². The van der Waals surface area contributed by atoms with Gasteiger partial charge in [-0.1, -0.05) is 0 Å². The topological polar surface area (TPSA) is 50.1 Å². The molecule has 1 unspecified atom stereocenters. The normalized spacial score (nSPS) is 31.5. The second-order valence-electron chi connectivity index (χ2n) is 3.42. The van der Waals surface area contributed by atoms with Crippen LogP contribution >= 0.6 is 0 Å². The van der Waals surface area contributed by atoms with Gasteiger partial charge in [0, 0.05) is 26.1 Å². The number of hydrogen-bond acceptors (Lipinski definition) is 3.